The third kappa shape index (κ3) is 4.76. The first-order chi connectivity index (χ1) is 9.15. The van der Waals surface area contributed by atoms with Gasteiger partial charge in [-0.2, -0.15) is 0 Å². The van der Waals surface area contributed by atoms with Crippen LogP contribution in [0.3, 0.4) is 0 Å². The van der Waals surface area contributed by atoms with Gasteiger partial charge in [0.15, 0.2) is 0 Å². The van der Waals surface area contributed by atoms with Crippen molar-refractivity contribution in [1.82, 2.24) is 5.32 Å². The maximum atomic E-state index is 11.7. The number of thiophene rings is 1. The Labute approximate surface area is 122 Å². The van der Waals surface area contributed by atoms with Gasteiger partial charge in [-0.3, -0.25) is 4.79 Å². The third-order valence-corrected chi connectivity index (χ3v) is 4.49. The molecule has 106 valence electrons. The van der Waals surface area contributed by atoms with E-state index in [1.165, 1.54) is 11.3 Å². The standard InChI is InChI=1S/C13H19ClN2O2S/c14-12-6-5-11(19-12)13(17)16-7-8-18-10-3-1-9(15)2-4-10/h5-6,9-10H,1-4,7-8,15H2,(H,16,17). The van der Waals surface area contributed by atoms with E-state index in [1.54, 1.807) is 12.1 Å². The average molecular weight is 303 g/mol. The van der Waals surface area contributed by atoms with Gasteiger partial charge < -0.3 is 15.8 Å². The predicted octanol–water partition coefficient (Wildman–Crippen LogP) is 2.42. The molecule has 19 heavy (non-hydrogen) atoms. The van der Waals surface area contributed by atoms with Gasteiger partial charge in [0.25, 0.3) is 5.91 Å². The van der Waals surface area contributed by atoms with Gasteiger partial charge in [0, 0.05) is 12.6 Å². The molecule has 1 aliphatic rings. The molecule has 2 rings (SSSR count). The molecule has 1 aromatic heterocycles. The Bertz CT molecular complexity index is 417. The summed E-state index contributed by atoms with van der Waals surface area (Å²) in [4.78, 5) is 12.4. The monoisotopic (exact) mass is 302 g/mol. The summed E-state index contributed by atoms with van der Waals surface area (Å²) in [5, 5.41) is 2.82. The van der Waals surface area contributed by atoms with Crippen molar-refractivity contribution in [3.63, 3.8) is 0 Å². The van der Waals surface area contributed by atoms with Crippen LogP contribution in [-0.4, -0.2) is 31.2 Å². The van der Waals surface area contributed by atoms with Gasteiger partial charge in [0.05, 0.1) is 21.9 Å². The second kappa shape index (κ2) is 7.24. The lowest BCUT2D eigenvalue weighted by molar-refractivity contribution is 0.0268. The quantitative estimate of drug-likeness (QED) is 0.821. The molecule has 0 aliphatic heterocycles. The summed E-state index contributed by atoms with van der Waals surface area (Å²) in [6, 6.07) is 3.79. The number of ether oxygens (including phenoxy) is 1. The lowest BCUT2D eigenvalue weighted by Gasteiger charge is -2.26. The Balaban J connectivity index is 1.60. The van der Waals surface area contributed by atoms with E-state index in [0.29, 0.717) is 34.5 Å². The molecule has 0 saturated heterocycles. The van der Waals surface area contributed by atoms with Crippen molar-refractivity contribution >= 4 is 28.8 Å². The van der Waals surface area contributed by atoms with Crippen molar-refractivity contribution in [2.75, 3.05) is 13.2 Å². The van der Waals surface area contributed by atoms with Crippen molar-refractivity contribution in [3.8, 4) is 0 Å². The predicted molar refractivity (Wildman–Crippen MR) is 77.8 cm³/mol. The van der Waals surface area contributed by atoms with Crippen LogP contribution in [0.4, 0.5) is 0 Å². The molecule has 0 aromatic carbocycles. The Morgan fingerprint density at radius 2 is 2.16 bits per heavy atom. The molecule has 0 unspecified atom stereocenters. The average Bonchev–Trinajstić information content (AvgIpc) is 2.83. The molecule has 1 aromatic rings. The van der Waals surface area contributed by atoms with Gasteiger partial charge in [-0.1, -0.05) is 11.6 Å². The number of halogens is 1. The molecule has 0 atom stereocenters. The highest BCUT2D eigenvalue weighted by atomic mass is 35.5. The van der Waals surface area contributed by atoms with E-state index in [9.17, 15) is 4.79 Å². The molecule has 1 heterocycles. The van der Waals surface area contributed by atoms with Gasteiger partial charge >= 0.3 is 0 Å². The lowest BCUT2D eigenvalue weighted by atomic mass is 9.94. The number of carbonyl (C=O) groups is 1. The van der Waals surface area contributed by atoms with E-state index < -0.39 is 0 Å². The van der Waals surface area contributed by atoms with Crippen LogP contribution in [0.15, 0.2) is 12.1 Å². The molecule has 3 N–H and O–H groups in total. The Morgan fingerprint density at radius 3 is 2.79 bits per heavy atom. The van der Waals surface area contributed by atoms with Crippen LogP contribution in [0.1, 0.15) is 35.4 Å². The number of amides is 1. The van der Waals surface area contributed by atoms with Gasteiger partial charge in [-0.25, -0.2) is 0 Å². The number of hydrogen-bond acceptors (Lipinski definition) is 4. The maximum Gasteiger partial charge on any atom is 0.261 e. The van der Waals surface area contributed by atoms with E-state index in [1.807, 2.05) is 0 Å². The summed E-state index contributed by atoms with van der Waals surface area (Å²) in [6.45, 7) is 1.07. The largest absolute Gasteiger partial charge is 0.376 e. The summed E-state index contributed by atoms with van der Waals surface area (Å²) in [6.07, 6.45) is 4.41. The molecular formula is C13H19ClN2O2S. The zero-order valence-electron chi connectivity index (χ0n) is 10.7. The second-order valence-electron chi connectivity index (χ2n) is 4.77. The minimum absolute atomic E-state index is 0.0915. The van der Waals surface area contributed by atoms with Crippen LogP contribution < -0.4 is 11.1 Å². The molecule has 1 aliphatic carbocycles. The Hall–Kier alpha value is -0.620. The summed E-state index contributed by atoms with van der Waals surface area (Å²) >= 11 is 7.06. The fourth-order valence-corrected chi connectivity index (χ4v) is 3.13. The number of nitrogens with two attached hydrogens (primary N) is 1. The number of hydrogen-bond donors (Lipinski definition) is 2. The van der Waals surface area contributed by atoms with Crippen molar-refractivity contribution in [3.05, 3.63) is 21.3 Å². The van der Waals surface area contributed by atoms with E-state index in [4.69, 9.17) is 22.1 Å². The van der Waals surface area contributed by atoms with Crippen molar-refractivity contribution in [2.45, 2.75) is 37.8 Å². The van der Waals surface area contributed by atoms with Crippen LogP contribution in [0.2, 0.25) is 4.34 Å². The minimum Gasteiger partial charge on any atom is -0.376 e. The summed E-state index contributed by atoms with van der Waals surface area (Å²) in [7, 11) is 0. The molecule has 0 radical (unpaired) electrons. The first-order valence-corrected chi connectivity index (χ1v) is 7.75. The third-order valence-electron chi connectivity index (χ3n) is 3.26. The highest BCUT2D eigenvalue weighted by molar-refractivity contribution is 7.17. The number of carbonyl (C=O) groups excluding carboxylic acids is 1. The van der Waals surface area contributed by atoms with Crippen molar-refractivity contribution in [1.29, 1.82) is 0 Å². The zero-order chi connectivity index (χ0) is 13.7. The van der Waals surface area contributed by atoms with Crippen molar-refractivity contribution in [2.24, 2.45) is 5.73 Å². The minimum atomic E-state index is -0.0915. The second-order valence-corrected chi connectivity index (χ2v) is 6.48. The van der Waals surface area contributed by atoms with E-state index in [-0.39, 0.29) is 5.91 Å². The topological polar surface area (TPSA) is 64.3 Å². The lowest BCUT2D eigenvalue weighted by Crippen LogP contribution is -2.32. The van der Waals surface area contributed by atoms with Crippen LogP contribution in [-0.2, 0) is 4.74 Å². The van der Waals surface area contributed by atoms with Gasteiger partial charge in [-0.05, 0) is 37.8 Å². The fourth-order valence-electron chi connectivity index (χ4n) is 2.17. The van der Waals surface area contributed by atoms with Crippen LogP contribution in [0, 0.1) is 0 Å². The SMILES string of the molecule is NC1CCC(OCCNC(=O)c2ccc(Cl)s2)CC1. The highest BCUT2D eigenvalue weighted by Gasteiger charge is 2.18. The van der Waals surface area contributed by atoms with Crippen LogP contribution in [0.5, 0.6) is 0 Å². The van der Waals surface area contributed by atoms with Gasteiger partial charge in [0.1, 0.15) is 0 Å². The van der Waals surface area contributed by atoms with E-state index in [0.717, 1.165) is 25.7 Å². The smallest absolute Gasteiger partial charge is 0.261 e. The molecule has 1 fully saturated rings. The summed E-state index contributed by atoms with van der Waals surface area (Å²) < 4.78 is 6.35. The summed E-state index contributed by atoms with van der Waals surface area (Å²) in [5.74, 6) is -0.0915. The Morgan fingerprint density at radius 1 is 1.42 bits per heavy atom. The van der Waals surface area contributed by atoms with Crippen LogP contribution >= 0.6 is 22.9 Å². The van der Waals surface area contributed by atoms with Crippen molar-refractivity contribution < 1.29 is 9.53 Å². The van der Waals surface area contributed by atoms with Crippen LogP contribution in [0.25, 0.3) is 0 Å². The number of nitrogens with one attached hydrogen (secondary N) is 1. The fraction of sp³-hybridized carbons (Fsp3) is 0.615. The van der Waals surface area contributed by atoms with E-state index >= 15 is 0 Å². The molecular weight excluding hydrogens is 284 g/mol. The highest BCUT2D eigenvalue weighted by Crippen LogP contribution is 2.21. The first-order valence-electron chi connectivity index (χ1n) is 6.56. The zero-order valence-corrected chi connectivity index (χ0v) is 12.3. The summed E-state index contributed by atoms with van der Waals surface area (Å²) in [5.41, 5.74) is 5.84. The first kappa shape index (κ1) is 14.8. The molecule has 6 heteroatoms. The van der Waals surface area contributed by atoms with Gasteiger partial charge in [0.2, 0.25) is 0 Å². The maximum absolute atomic E-state index is 11.7. The number of rotatable bonds is 5. The molecule has 4 nitrogen and oxygen atoms in total. The molecule has 0 spiro atoms. The van der Waals surface area contributed by atoms with Gasteiger partial charge in [-0.15, -0.1) is 11.3 Å². The Kier molecular flexibility index (Phi) is 5.63. The normalized spacial score (nSPS) is 23.3. The van der Waals surface area contributed by atoms with E-state index in [2.05, 4.69) is 5.32 Å². The molecule has 0 bridgehead atoms. The molecule has 1 saturated carbocycles. The molecule has 1 amide bonds.